The SMILES string of the molecule is CCc1cc(C(=O)NCCOc2ccc(N)cc2)n(C)n1. The monoisotopic (exact) mass is 288 g/mol. The van der Waals surface area contributed by atoms with Gasteiger partial charge in [0.2, 0.25) is 0 Å². The molecular weight excluding hydrogens is 268 g/mol. The normalized spacial score (nSPS) is 10.4. The Hall–Kier alpha value is -2.50. The van der Waals surface area contributed by atoms with Gasteiger partial charge in [0.15, 0.2) is 0 Å². The quantitative estimate of drug-likeness (QED) is 0.621. The molecule has 2 rings (SSSR count). The van der Waals surface area contributed by atoms with Crippen LogP contribution in [0.5, 0.6) is 5.75 Å². The van der Waals surface area contributed by atoms with Crippen molar-refractivity contribution in [1.29, 1.82) is 0 Å². The fraction of sp³-hybridized carbons (Fsp3) is 0.333. The van der Waals surface area contributed by atoms with Gasteiger partial charge in [0.1, 0.15) is 18.1 Å². The number of carbonyl (C=O) groups excluding carboxylic acids is 1. The van der Waals surface area contributed by atoms with Gasteiger partial charge < -0.3 is 15.8 Å². The number of rotatable bonds is 6. The molecule has 3 N–H and O–H groups in total. The number of nitrogens with zero attached hydrogens (tertiary/aromatic N) is 2. The summed E-state index contributed by atoms with van der Waals surface area (Å²) >= 11 is 0. The number of aryl methyl sites for hydroxylation is 2. The molecule has 0 aliphatic carbocycles. The summed E-state index contributed by atoms with van der Waals surface area (Å²) in [5.41, 5.74) is 7.74. The molecule has 0 aliphatic heterocycles. The van der Waals surface area contributed by atoms with Crippen LogP contribution in [0, 0.1) is 0 Å². The highest BCUT2D eigenvalue weighted by atomic mass is 16.5. The number of anilines is 1. The predicted octanol–water partition coefficient (Wildman–Crippen LogP) is 1.37. The average Bonchev–Trinajstić information content (AvgIpc) is 2.86. The molecule has 1 heterocycles. The largest absolute Gasteiger partial charge is 0.492 e. The van der Waals surface area contributed by atoms with Gasteiger partial charge in [-0.25, -0.2) is 0 Å². The molecule has 21 heavy (non-hydrogen) atoms. The standard InChI is InChI=1S/C15H20N4O2/c1-3-12-10-14(19(2)18-12)15(20)17-8-9-21-13-6-4-11(16)5-7-13/h4-7,10H,3,8-9,16H2,1-2H3,(H,17,20). The van der Waals surface area contributed by atoms with Gasteiger partial charge in [0.05, 0.1) is 12.2 Å². The maximum Gasteiger partial charge on any atom is 0.269 e. The summed E-state index contributed by atoms with van der Waals surface area (Å²) in [6.07, 6.45) is 0.807. The molecule has 6 heteroatoms. The summed E-state index contributed by atoms with van der Waals surface area (Å²) in [5.74, 6) is 0.581. The zero-order valence-electron chi connectivity index (χ0n) is 12.3. The molecule has 2 aromatic rings. The van der Waals surface area contributed by atoms with Crippen molar-refractivity contribution in [3.63, 3.8) is 0 Å². The van der Waals surface area contributed by atoms with E-state index in [1.807, 2.05) is 6.92 Å². The molecule has 0 saturated heterocycles. The zero-order valence-corrected chi connectivity index (χ0v) is 12.3. The molecule has 0 aliphatic rings. The molecular formula is C15H20N4O2. The van der Waals surface area contributed by atoms with Gasteiger partial charge in [-0.3, -0.25) is 9.48 Å². The Morgan fingerprint density at radius 2 is 2.10 bits per heavy atom. The van der Waals surface area contributed by atoms with Crippen molar-refractivity contribution in [2.75, 3.05) is 18.9 Å². The molecule has 0 fully saturated rings. The first-order chi connectivity index (χ1) is 10.1. The number of nitrogens with one attached hydrogen (secondary N) is 1. The molecule has 0 spiro atoms. The predicted molar refractivity (Wildman–Crippen MR) is 81.3 cm³/mol. The highest BCUT2D eigenvalue weighted by Gasteiger charge is 2.11. The van der Waals surface area contributed by atoms with Crippen molar-refractivity contribution < 1.29 is 9.53 Å². The van der Waals surface area contributed by atoms with E-state index in [-0.39, 0.29) is 5.91 Å². The number of benzene rings is 1. The van der Waals surface area contributed by atoms with Crippen molar-refractivity contribution in [3.05, 3.63) is 41.7 Å². The van der Waals surface area contributed by atoms with Crippen molar-refractivity contribution >= 4 is 11.6 Å². The Labute approximate surface area is 123 Å². The first-order valence-electron chi connectivity index (χ1n) is 6.89. The summed E-state index contributed by atoms with van der Waals surface area (Å²) in [6.45, 7) is 2.83. The highest BCUT2D eigenvalue weighted by Crippen LogP contribution is 2.12. The number of amides is 1. The van der Waals surface area contributed by atoms with Crippen LogP contribution in [0.25, 0.3) is 0 Å². The van der Waals surface area contributed by atoms with Crippen molar-refractivity contribution in [3.8, 4) is 5.75 Å². The van der Waals surface area contributed by atoms with E-state index >= 15 is 0 Å². The molecule has 1 aromatic carbocycles. The van der Waals surface area contributed by atoms with E-state index in [4.69, 9.17) is 10.5 Å². The van der Waals surface area contributed by atoms with Crippen LogP contribution in [0.4, 0.5) is 5.69 Å². The topological polar surface area (TPSA) is 82.2 Å². The minimum Gasteiger partial charge on any atom is -0.492 e. The number of aromatic nitrogens is 2. The number of ether oxygens (including phenoxy) is 1. The Bertz CT molecular complexity index is 605. The third kappa shape index (κ3) is 3.98. The second-order valence-corrected chi connectivity index (χ2v) is 4.67. The Kier molecular flexibility index (Phi) is 4.81. The maximum atomic E-state index is 12.0. The van der Waals surface area contributed by atoms with E-state index in [1.165, 1.54) is 0 Å². The summed E-state index contributed by atoms with van der Waals surface area (Å²) in [5, 5.41) is 7.06. The lowest BCUT2D eigenvalue weighted by molar-refractivity contribution is 0.0937. The van der Waals surface area contributed by atoms with E-state index in [9.17, 15) is 4.79 Å². The number of nitrogens with two attached hydrogens (primary N) is 1. The summed E-state index contributed by atoms with van der Waals surface area (Å²) in [7, 11) is 1.76. The summed E-state index contributed by atoms with van der Waals surface area (Å²) in [4.78, 5) is 12.0. The number of carbonyl (C=O) groups is 1. The lowest BCUT2D eigenvalue weighted by atomic mass is 10.3. The molecule has 0 saturated carbocycles. The second-order valence-electron chi connectivity index (χ2n) is 4.67. The molecule has 6 nitrogen and oxygen atoms in total. The minimum absolute atomic E-state index is 0.148. The first-order valence-corrected chi connectivity index (χ1v) is 6.89. The number of hydrogen-bond acceptors (Lipinski definition) is 4. The fourth-order valence-corrected chi connectivity index (χ4v) is 1.90. The molecule has 1 amide bonds. The second kappa shape index (κ2) is 6.78. The van der Waals surface area contributed by atoms with Crippen LogP contribution in [0.3, 0.4) is 0 Å². The Morgan fingerprint density at radius 1 is 1.38 bits per heavy atom. The van der Waals surface area contributed by atoms with Crippen molar-refractivity contribution in [2.24, 2.45) is 7.05 Å². The van der Waals surface area contributed by atoms with Gasteiger partial charge >= 0.3 is 0 Å². The third-order valence-corrected chi connectivity index (χ3v) is 3.06. The van der Waals surface area contributed by atoms with Crippen molar-refractivity contribution in [1.82, 2.24) is 15.1 Å². The van der Waals surface area contributed by atoms with Gasteiger partial charge in [-0.05, 0) is 36.8 Å². The number of hydrogen-bond donors (Lipinski definition) is 2. The van der Waals surface area contributed by atoms with Gasteiger partial charge in [-0.2, -0.15) is 5.10 Å². The molecule has 0 atom stereocenters. The smallest absolute Gasteiger partial charge is 0.269 e. The van der Waals surface area contributed by atoms with Crippen LogP contribution in [-0.2, 0) is 13.5 Å². The summed E-state index contributed by atoms with van der Waals surface area (Å²) < 4.78 is 7.10. The van der Waals surface area contributed by atoms with Crippen LogP contribution < -0.4 is 15.8 Å². The molecule has 0 unspecified atom stereocenters. The van der Waals surface area contributed by atoms with Gasteiger partial charge in [-0.1, -0.05) is 6.92 Å². The van der Waals surface area contributed by atoms with E-state index in [0.717, 1.165) is 17.9 Å². The van der Waals surface area contributed by atoms with E-state index in [0.29, 0.717) is 24.5 Å². The zero-order chi connectivity index (χ0) is 15.2. The van der Waals surface area contributed by atoms with E-state index in [2.05, 4.69) is 10.4 Å². The molecule has 112 valence electrons. The average molecular weight is 288 g/mol. The van der Waals surface area contributed by atoms with Gasteiger partial charge in [0, 0.05) is 12.7 Å². The van der Waals surface area contributed by atoms with Gasteiger partial charge in [0.25, 0.3) is 5.91 Å². The lowest BCUT2D eigenvalue weighted by Crippen LogP contribution is -2.29. The van der Waals surface area contributed by atoms with Crippen LogP contribution >= 0.6 is 0 Å². The lowest BCUT2D eigenvalue weighted by Gasteiger charge is -2.08. The molecule has 0 bridgehead atoms. The van der Waals surface area contributed by atoms with Gasteiger partial charge in [-0.15, -0.1) is 0 Å². The number of nitrogen functional groups attached to an aromatic ring is 1. The van der Waals surface area contributed by atoms with Crippen LogP contribution in [0.2, 0.25) is 0 Å². The molecule has 0 radical (unpaired) electrons. The highest BCUT2D eigenvalue weighted by molar-refractivity contribution is 5.92. The third-order valence-electron chi connectivity index (χ3n) is 3.06. The van der Waals surface area contributed by atoms with Crippen LogP contribution in [-0.4, -0.2) is 28.8 Å². The molecule has 1 aromatic heterocycles. The van der Waals surface area contributed by atoms with Crippen LogP contribution in [0.1, 0.15) is 23.1 Å². The van der Waals surface area contributed by atoms with E-state index in [1.54, 1.807) is 42.1 Å². The Morgan fingerprint density at radius 3 is 2.71 bits per heavy atom. The first kappa shape index (κ1) is 14.9. The Balaban J connectivity index is 1.79. The van der Waals surface area contributed by atoms with Crippen LogP contribution in [0.15, 0.2) is 30.3 Å². The van der Waals surface area contributed by atoms with E-state index < -0.39 is 0 Å². The van der Waals surface area contributed by atoms with Crippen molar-refractivity contribution in [2.45, 2.75) is 13.3 Å². The minimum atomic E-state index is -0.148. The summed E-state index contributed by atoms with van der Waals surface area (Å²) in [6, 6.07) is 8.94. The fourth-order valence-electron chi connectivity index (χ4n) is 1.90. The maximum absolute atomic E-state index is 12.0.